The second-order valence-electron chi connectivity index (χ2n) is 4.91. The van der Waals surface area contributed by atoms with Gasteiger partial charge in [0.05, 0.1) is 12.4 Å². The first-order chi connectivity index (χ1) is 9.02. The highest BCUT2D eigenvalue weighted by Crippen LogP contribution is 2.25. The Morgan fingerprint density at radius 2 is 1.89 bits per heavy atom. The van der Waals surface area contributed by atoms with E-state index in [1.807, 2.05) is 31.2 Å². The Kier molecular flexibility index (Phi) is 6.78. The molecule has 0 aliphatic rings. The number of thioether (sulfide) groups is 1. The van der Waals surface area contributed by atoms with Crippen LogP contribution in [0.25, 0.3) is 0 Å². The van der Waals surface area contributed by atoms with E-state index in [0.29, 0.717) is 5.92 Å². The van der Waals surface area contributed by atoms with Crippen molar-refractivity contribution in [3.8, 4) is 5.75 Å². The number of hydrogen-bond donors (Lipinski definition) is 1. The number of carbonyl (C=O) groups excluding carboxylic acids is 1. The van der Waals surface area contributed by atoms with Crippen molar-refractivity contribution < 1.29 is 9.53 Å². The molecule has 4 heteroatoms. The minimum absolute atomic E-state index is 0.0828. The van der Waals surface area contributed by atoms with Crippen LogP contribution in [0.1, 0.15) is 27.2 Å². The molecule has 0 radical (unpaired) electrons. The van der Waals surface area contributed by atoms with Crippen molar-refractivity contribution in [3.05, 3.63) is 24.3 Å². The van der Waals surface area contributed by atoms with Crippen LogP contribution in [0.4, 0.5) is 0 Å². The molecule has 1 amide bonds. The molecule has 0 unspecified atom stereocenters. The Morgan fingerprint density at radius 3 is 2.42 bits per heavy atom. The molecular weight excluding hydrogens is 258 g/mol. The lowest BCUT2D eigenvalue weighted by Gasteiger charge is -2.13. The molecule has 0 aliphatic carbocycles. The normalized spacial score (nSPS) is 12.3. The number of hydrogen-bond acceptors (Lipinski definition) is 3. The van der Waals surface area contributed by atoms with Crippen molar-refractivity contribution >= 4 is 17.7 Å². The van der Waals surface area contributed by atoms with Crippen LogP contribution in [0.15, 0.2) is 29.2 Å². The number of benzene rings is 1. The molecule has 0 aromatic heterocycles. The van der Waals surface area contributed by atoms with Gasteiger partial charge in [-0.1, -0.05) is 13.8 Å². The molecule has 19 heavy (non-hydrogen) atoms. The predicted octanol–water partition coefficient (Wildman–Crippen LogP) is 3.34. The summed E-state index contributed by atoms with van der Waals surface area (Å²) in [7, 11) is 1.65. The highest BCUT2D eigenvalue weighted by Gasteiger charge is 2.13. The first-order valence-electron chi connectivity index (χ1n) is 6.61. The summed E-state index contributed by atoms with van der Waals surface area (Å²) >= 11 is 1.56. The number of amides is 1. The van der Waals surface area contributed by atoms with Crippen LogP contribution in [0.3, 0.4) is 0 Å². The molecule has 0 bridgehead atoms. The van der Waals surface area contributed by atoms with Gasteiger partial charge in [0.2, 0.25) is 5.91 Å². The third-order valence-electron chi connectivity index (χ3n) is 2.76. The monoisotopic (exact) mass is 281 g/mol. The quantitative estimate of drug-likeness (QED) is 0.779. The molecule has 0 spiro atoms. The van der Waals surface area contributed by atoms with Gasteiger partial charge >= 0.3 is 0 Å². The second kappa shape index (κ2) is 8.10. The molecule has 0 aliphatic heterocycles. The SMILES string of the molecule is COc1ccc(S[C@@H](C)C(=O)NCCC(C)C)cc1. The van der Waals surface area contributed by atoms with Gasteiger partial charge < -0.3 is 10.1 Å². The predicted molar refractivity (Wildman–Crippen MR) is 80.8 cm³/mol. The van der Waals surface area contributed by atoms with Gasteiger partial charge in [-0.25, -0.2) is 0 Å². The van der Waals surface area contributed by atoms with Crippen LogP contribution in [0.2, 0.25) is 0 Å². The molecule has 1 aromatic carbocycles. The summed E-state index contributed by atoms with van der Waals surface area (Å²) in [5.41, 5.74) is 0. The Hall–Kier alpha value is -1.16. The van der Waals surface area contributed by atoms with Gasteiger partial charge in [-0.05, 0) is 43.5 Å². The van der Waals surface area contributed by atoms with Crippen molar-refractivity contribution in [1.29, 1.82) is 0 Å². The molecule has 0 fully saturated rings. The van der Waals surface area contributed by atoms with Crippen LogP contribution in [0.5, 0.6) is 5.75 Å². The van der Waals surface area contributed by atoms with Crippen molar-refractivity contribution in [2.45, 2.75) is 37.3 Å². The Balaban J connectivity index is 2.40. The first kappa shape index (κ1) is 15.9. The number of carbonyl (C=O) groups is 1. The topological polar surface area (TPSA) is 38.3 Å². The van der Waals surface area contributed by atoms with Crippen LogP contribution < -0.4 is 10.1 Å². The maximum Gasteiger partial charge on any atom is 0.233 e. The zero-order valence-corrected chi connectivity index (χ0v) is 12.9. The van der Waals surface area contributed by atoms with Gasteiger partial charge in [0, 0.05) is 11.4 Å². The molecule has 0 saturated carbocycles. The Labute approximate surface area is 120 Å². The molecule has 0 saturated heterocycles. The van der Waals surface area contributed by atoms with Gasteiger partial charge in [0.15, 0.2) is 0 Å². The van der Waals surface area contributed by atoms with Crippen molar-refractivity contribution in [1.82, 2.24) is 5.32 Å². The lowest BCUT2D eigenvalue weighted by atomic mass is 10.1. The van der Waals surface area contributed by atoms with Crippen LogP contribution in [-0.4, -0.2) is 24.8 Å². The second-order valence-corrected chi connectivity index (χ2v) is 6.32. The summed E-state index contributed by atoms with van der Waals surface area (Å²) in [5, 5.41) is 2.89. The third kappa shape index (κ3) is 6.01. The van der Waals surface area contributed by atoms with E-state index >= 15 is 0 Å². The lowest BCUT2D eigenvalue weighted by Crippen LogP contribution is -2.32. The standard InChI is InChI=1S/C15H23NO2S/c1-11(2)9-10-16-15(17)12(3)19-14-7-5-13(18-4)6-8-14/h5-8,11-12H,9-10H2,1-4H3,(H,16,17)/t12-/m0/s1. The number of nitrogens with one attached hydrogen (secondary N) is 1. The number of ether oxygens (including phenoxy) is 1. The largest absolute Gasteiger partial charge is 0.497 e. The highest BCUT2D eigenvalue weighted by atomic mass is 32.2. The summed E-state index contributed by atoms with van der Waals surface area (Å²) in [6, 6.07) is 7.76. The fourth-order valence-electron chi connectivity index (χ4n) is 1.54. The van der Waals surface area contributed by atoms with E-state index in [-0.39, 0.29) is 11.2 Å². The average molecular weight is 281 g/mol. The minimum Gasteiger partial charge on any atom is -0.497 e. The van der Waals surface area contributed by atoms with Crippen molar-refractivity contribution in [2.75, 3.05) is 13.7 Å². The zero-order valence-electron chi connectivity index (χ0n) is 12.1. The maximum absolute atomic E-state index is 11.9. The van der Waals surface area contributed by atoms with Crippen molar-refractivity contribution in [2.24, 2.45) is 5.92 Å². The summed E-state index contributed by atoms with van der Waals surface area (Å²) in [6.45, 7) is 6.99. The molecule has 0 heterocycles. The fourth-order valence-corrected chi connectivity index (χ4v) is 2.43. The summed E-state index contributed by atoms with van der Waals surface area (Å²) in [5.74, 6) is 1.55. The Morgan fingerprint density at radius 1 is 1.26 bits per heavy atom. The van der Waals surface area contributed by atoms with E-state index in [0.717, 1.165) is 23.6 Å². The van der Waals surface area contributed by atoms with Crippen LogP contribution >= 0.6 is 11.8 Å². The summed E-state index contributed by atoms with van der Waals surface area (Å²) in [6.07, 6.45) is 1.02. The smallest absolute Gasteiger partial charge is 0.233 e. The molecule has 1 atom stereocenters. The zero-order chi connectivity index (χ0) is 14.3. The van der Waals surface area contributed by atoms with Gasteiger partial charge in [0.1, 0.15) is 5.75 Å². The molecule has 1 N–H and O–H groups in total. The van der Waals surface area contributed by atoms with Gasteiger partial charge in [-0.15, -0.1) is 11.8 Å². The van der Waals surface area contributed by atoms with E-state index in [9.17, 15) is 4.79 Å². The lowest BCUT2D eigenvalue weighted by molar-refractivity contribution is -0.120. The summed E-state index contributed by atoms with van der Waals surface area (Å²) < 4.78 is 5.11. The number of methoxy groups -OCH3 is 1. The fraction of sp³-hybridized carbons (Fsp3) is 0.533. The van der Waals surface area contributed by atoms with Crippen molar-refractivity contribution in [3.63, 3.8) is 0 Å². The third-order valence-corrected chi connectivity index (χ3v) is 3.87. The van der Waals surface area contributed by atoms with E-state index in [2.05, 4.69) is 19.2 Å². The first-order valence-corrected chi connectivity index (χ1v) is 7.49. The van der Waals surface area contributed by atoms with Crippen LogP contribution in [0, 0.1) is 5.92 Å². The molecular formula is C15H23NO2S. The van der Waals surface area contributed by atoms with E-state index in [1.54, 1.807) is 18.9 Å². The van der Waals surface area contributed by atoms with E-state index in [1.165, 1.54) is 0 Å². The van der Waals surface area contributed by atoms with Gasteiger partial charge in [0.25, 0.3) is 0 Å². The molecule has 106 valence electrons. The van der Waals surface area contributed by atoms with Gasteiger partial charge in [-0.3, -0.25) is 4.79 Å². The number of rotatable bonds is 7. The van der Waals surface area contributed by atoms with Crippen LogP contribution in [-0.2, 0) is 4.79 Å². The summed E-state index contributed by atoms with van der Waals surface area (Å²) in [4.78, 5) is 13.0. The van der Waals surface area contributed by atoms with E-state index in [4.69, 9.17) is 4.74 Å². The average Bonchev–Trinajstić information content (AvgIpc) is 2.39. The molecule has 1 rings (SSSR count). The van der Waals surface area contributed by atoms with Gasteiger partial charge in [-0.2, -0.15) is 0 Å². The Bertz CT molecular complexity index is 390. The maximum atomic E-state index is 11.9. The highest BCUT2D eigenvalue weighted by molar-refractivity contribution is 8.00. The minimum atomic E-state index is -0.0828. The molecule has 1 aromatic rings. The molecule has 3 nitrogen and oxygen atoms in total. The van der Waals surface area contributed by atoms with E-state index < -0.39 is 0 Å².